The van der Waals surface area contributed by atoms with Gasteiger partial charge in [-0.1, -0.05) is 42.0 Å². The molecule has 1 aliphatic rings. The molecule has 1 saturated heterocycles. The van der Waals surface area contributed by atoms with Crippen LogP contribution in [0.1, 0.15) is 45.5 Å². The van der Waals surface area contributed by atoms with E-state index in [-0.39, 0.29) is 5.91 Å². The van der Waals surface area contributed by atoms with Gasteiger partial charge in [0.2, 0.25) is 0 Å². The summed E-state index contributed by atoms with van der Waals surface area (Å²) in [6.07, 6.45) is 2.67. The molecule has 3 nitrogen and oxygen atoms in total. The van der Waals surface area contributed by atoms with Crippen LogP contribution in [0.2, 0.25) is 0 Å². The van der Waals surface area contributed by atoms with E-state index in [0.29, 0.717) is 6.54 Å². The van der Waals surface area contributed by atoms with E-state index in [4.69, 9.17) is 0 Å². The van der Waals surface area contributed by atoms with Crippen molar-refractivity contribution in [1.82, 2.24) is 5.32 Å². The average molecular weight is 323 g/mol. The van der Waals surface area contributed by atoms with Gasteiger partial charge in [-0.2, -0.15) is 0 Å². The number of carbonyl (C=O) groups is 1. The SMILES string of the molecule is Cc1ccc(C)c(C(=O)NCc2ccccc2C[NH+]2CCCC2)c1. The number of rotatable bonds is 5. The molecule has 1 fully saturated rings. The summed E-state index contributed by atoms with van der Waals surface area (Å²) in [5.41, 5.74) is 5.50. The van der Waals surface area contributed by atoms with Crippen molar-refractivity contribution in [3.8, 4) is 0 Å². The van der Waals surface area contributed by atoms with Crippen LogP contribution in [0.4, 0.5) is 0 Å². The number of hydrogen-bond acceptors (Lipinski definition) is 1. The van der Waals surface area contributed by atoms with Crippen molar-refractivity contribution >= 4 is 5.91 Å². The van der Waals surface area contributed by atoms with Gasteiger partial charge in [-0.05, 0) is 31.0 Å². The highest BCUT2D eigenvalue weighted by Gasteiger charge is 2.17. The molecular formula is C21H27N2O+. The van der Waals surface area contributed by atoms with Crippen LogP contribution < -0.4 is 10.2 Å². The number of nitrogens with one attached hydrogen (secondary N) is 2. The molecule has 1 heterocycles. The summed E-state index contributed by atoms with van der Waals surface area (Å²) in [6, 6.07) is 14.5. The van der Waals surface area contributed by atoms with Crippen LogP contribution in [0.15, 0.2) is 42.5 Å². The van der Waals surface area contributed by atoms with Gasteiger partial charge >= 0.3 is 0 Å². The maximum Gasteiger partial charge on any atom is 0.251 e. The van der Waals surface area contributed by atoms with E-state index in [1.165, 1.54) is 37.1 Å². The van der Waals surface area contributed by atoms with Crippen molar-refractivity contribution in [2.24, 2.45) is 0 Å². The Morgan fingerprint density at radius 3 is 2.50 bits per heavy atom. The summed E-state index contributed by atoms with van der Waals surface area (Å²) >= 11 is 0. The largest absolute Gasteiger partial charge is 0.348 e. The molecule has 1 amide bonds. The molecule has 3 heteroatoms. The molecule has 2 aromatic carbocycles. The molecule has 0 unspecified atom stereocenters. The van der Waals surface area contributed by atoms with Crippen LogP contribution in [-0.4, -0.2) is 19.0 Å². The van der Waals surface area contributed by atoms with E-state index < -0.39 is 0 Å². The summed E-state index contributed by atoms with van der Waals surface area (Å²) in [6.45, 7) is 8.20. The molecule has 0 aromatic heterocycles. The van der Waals surface area contributed by atoms with Crippen molar-refractivity contribution in [2.45, 2.75) is 39.8 Å². The van der Waals surface area contributed by atoms with Crippen LogP contribution in [0.3, 0.4) is 0 Å². The lowest BCUT2D eigenvalue weighted by molar-refractivity contribution is -0.901. The third kappa shape index (κ3) is 4.04. The number of benzene rings is 2. The Bertz CT molecular complexity index is 718. The van der Waals surface area contributed by atoms with Gasteiger partial charge in [-0.15, -0.1) is 0 Å². The Balaban J connectivity index is 1.67. The van der Waals surface area contributed by atoms with Gasteiger partial charge in [-0.25, -0.2) is 0 Å². The second kappa shape index (κ2) is 7.63. The van der Waals surface area contributed by atoms with Gasteiger partial charge in [-0.3, -0.25) is 4.79 Å². The minimum atomic E-state index is 0.0134. The Morgan fingerprint density at radius 2 is 1.75 bits per heavy atom. The van der Waals surface area contributed by atoms with Crippen LogP contribution in [-0.2, 0) is 13.1 Å². The van der Waals surface area contributed by atoms with E-state index in [1.807, 2.05) is 32.0 Å². The molecule has 0 spiro atoms. The minimum absolute atomic E-state index is 0.0134. The number of carbonyl (C=O) groups excluding carboxylic acids is 1. The van der Waals surface area contributed by atoms with Gasteiger partial charge < -0.3 is 10.2 Å². The smallest absolute Gasteiger partial charge is 0.251 e. The number of amides is 1. The Morgan fingerprint density at radius 1 is 1.04 bits per heavy atom. The number of aryl methyl sites for hydroxylation is 2. The van der Waals surface area contributed by atoms with E-state index in [0.717, 1.165) is 23.2 Å². The van der Waals surface area contributed by atoms with Gasteiger partial charge in [0.05, 0.1) is 13.1 Å². The first-order valence-corrected chi connectivity index (χ1v) is 8.89. The predicted molar refractivity (Wildman–Crippen MR) is 97.2 cm³/mol. The molecule has 24 heavy (non-hydrogen) atoms. The van der Waals surface area contributed by atoms with Gasteiger partial charge in [0, 0.05) is 30.5 Å². The minimum Gasteiger partial charge on any atom is -0.348 e. The maximum absolute atomic E-state index is 12.5. The Kier molecular flexibility index (Phi) is 5.31. The monoisotopic (exact) mass is 323 g/mol. The molecule has 0 bridgehead atoms. The lowest BCUT2D eigenvalue weighted by atomic mass is 10.0. The highest BCUT2D eigenvalue weighted by molar-refractivity contribution is 5.95. The zero-order chi connectivity index (χ0) is 16.9. The topological polar surface area (TPSA) is 33.5 Å². The molecular weight excluding hydrogens is 296 g/mol. The fourth-order valence-corrected chi connectivity index (χ4v) is 3.47. The number of quaternary nitrogens is 1. The average Bonchev–Trinajstić information content (AvgIpc) is 3.09. The maximum atomic E-state index is 12.5. The summed E-state index contributed by atoms with van der Waals surface area (Å²) in [4.78, 5) is 14.2. The van der Waals surface area contributed by atoms with Crippen molar-refractivity contribution < 1.29 is 9.69 Å². The van der Waals surface area contributed by atoms with Crippen LogP contribution in [0.25, 0.3) is 0 Å². The van der Waals surface area contributed by atoms with E-state index in [9.17, 15) is 4.79 Å². The van der Waals surface area contributed by atoms with E-state index in [1.54, 1.807) is 4.90 Å². The Hall–Kier alpha value is -2.13. The number of likely N-dealkylation sites (tertiary alicyclic amines) is 1. The third-order valence-corrected chi connectivity index (χ3v) is 4.95. The molecule has 0 radical (unpaired) electrons. The molecule has 126 valence electrons. The fourth-order valence-electron chi connectivity index (χ4n) is 3.47. The summed E-state index contributed by atoms with van der Waals surface area (Å²) in [5.74, 6) is 0.0134. The second-order valence-electron chi connectivity index (χ2n) is 6.90. The second-order valence-corrected chi connectivity index (χ2v) is 6.90. The van der Waals surface area contributed by atoms with Crippen molar-refractivity contribution in [1.29, 1.82) is 0 Å². The first-order valence-electron chi connectivity index (χ1n) is 8.89. The zero-order valence-corrected chi connectivity index (χ0v) is 14.7. The molecule has 3 rings (SSSR count). The van der Waals surface area contributed by atoms with Crippen LogP contribution in [0.5, 0.6) is 0 Å². The quantitative estimate of drug-likeness (QED) is 0.870. The molecule has 0 atom stereocenters. The lowest BCUT2D eigenvalue weighted by Crippen LogP contribution is -3.08. The highest BCUT2D eigenvalue weighted by Crippen LogP contribution is 2.12. The van der Waals surface area contributed by atoms with Gasteiger partial charge in [0.1, 0.15) is 6.54 Å². The molecule has 2 aromatic rings. The highest BCUT2D eigenvalue weighted by atomic mass is 16.1. The molecule has 0 saturated carbocycles. The first kappa shape index (κ1) is 16.7. The van der Waals surface area contributed by atoms with Crippen molar-refractivity contribution in [3.05, 3.63) is 70.3 Å². The standard InChI is InChI=1S/C21H26N2O/c1-16-9-10-17(2)20(13-16)21(24)22-14-18-7-3-4-8-19(18)15-23-11-5-6-12-23/h3-4,7-10,13H,5-6,11-12,14-15H2,1-2H3,(H,22,24)/p+1. The normalized spacial score (nSPS) is 14.8. The Labute approximate surface area is 144 Å². The summed E-state index contributed by atoms with van der Waals surface area (Å²) < 4.78 is 0. The van der Waals surface area contributed by atoms with Crippen molar-refractivity contribution in [3.63, 3.8) is 0 Å². The van der Waals surface area contributed by atoms with E-state index in [2.05, 4.69) is 29.6 Å². The summed E-state index contributed by atoms with van der Waals surface area (Å²) in [7, 11) is 0. The first-order chi connectivity index (χ1) is 11.6. The van der Waals surface area contributed by atoms with Crippen LogP contribution >= 0.6 is 0 Å². The van der Waals surface area contributed by atoms with E-state index >= 15 is 0 Å². The lowest BCUT2D eigenvalue weighted by Gasteiger charge is -2.16. The van der Waals surface area contributed by atoms with Gasteiger partial charge in [0.25, 0.3) is 5.91 Å². The predicted octanol–water partition coefficient (Wildman–Crippen LogP) is 2.41. The molecule has 0 aliphatic carbocycles. The summed E-state index contributed by atoms with van der Waals surface area (Å²) in [5, 5.41) is 3.10. The van der Waals surface area contributed by atoms with Gasteiger partial charge in [0.15, 0.2) is 0 Å². The number of hydrogen-bond donors (Lipinski definition) is 2. The van der Waals surface area contributed by atoms with Crippen LogP contribution in [0, 0.1) is 13.8 Å². The molecule has 1 aliphatic heterocycles. The zero-order valence-electron chi connectivity index (χ0n) is 14.7. The fraction of sp³-hybridized carbons (Fsp3) is 0.381. The molecule has 2 N–H and O–H groups in total. The third-order valence-electron chi connectivity index (χ3n) is 4.95. The van der Waals surface area contributed by atoms with Crippen molar-refractivity contribution in [2.75, 3.05) is 13.1 Å².